The summed E-state index contributed by atoms with van der Waals surface area (Å²) >= 11 is 1.55. The molecule has 0 aromatic carbocycles. The van der Waals surface area contributed by atoms with E-state index in [1.807, 2.05) is 0 Å². The molecule has 1 aromatic rings. The third kappa shape index (κ3) is 3.51. The summed E-state index contributed by atoms with van der Waals surface area (Å²) in [6.07, 6.45) is 4.83. The van der Waals surface area contributed by atoms with Crippen molar-refractivity contribution in [2.45, 2.75) is 64.0 Å². The van der Waals surface area contributed by atoms with Crippen LogP contribution in [0.4, 0.5) is 0 Å². The Kier molecular flexibility index (Phi) is 4.52. The standard InChI is InChI=1S/C13H22N4OS/c1-9(2)11-17-16-10(19-11)8-15-12(18)13(14)6-4-3-5-7-13/h9H,3-8,14H2,1-2H3,(H,15,18). The molecule has 1 aliphatic carbocycles. The second kappa shape index (κ2) is 5.96. The lowest BCUT2D eigenvalue weighted by Gasteiger charge is -2.31. The van der Waals surface area contributed by atoms with E-state index in [4.69, 9.17) is 5.73 Å². The van der Waals surface area contributed by atoms with Crippen molar-refractivity contribution in [3.63, 3.8) is 0 Å². The van der Waals surface area contributed by atoms with Crippen LogP contribution in [0.15, 0.2) is 0 Å². The third-order valence-electron chi connectivity index (χ3n) is 3.57. The van der Waals surface area contributed by atoms with Crippen molar-refractivity contribution in [3.05, 3.63) is 10.0 Å². The molecule has 0 aliphatic heterocycles. The molecule has 1 saturated carbocycles. The Labute approximate surface area is 118 Å². The first-order valence-corrected chi connectivity index (χ1v) is 7.72. The molecule has 1 fully saturated rings. The molecule has 106 valence electrons. The van der Waals surface area contributed by atoms with Crippen molar-refractivity contribution >= 4 is 17.2 Å². The molecule has 2 rings (SSSR count). The van der Waals surface area contributed by atoms with E-state index in [9.17, 15) is 4.79 Å². The molecule has 1 amide bonds. The molecule has 3 N–H and O–H groups in total. The van der Waals surface area contributed by atoms with E-state index in [0.717, 1.165) is 35.7 Å². The van der Waals surface area contributed by atoms with Gasteiger partial charge >= 0.3 is 0 Å². The van der Waals surface area contributed by atoms with Crippen molar-refractivity contribution in [1.29, 1.82) is 0 Å². The van der Waals surface area contributed by atoms with Crippen molar-refractivity contribution < 1.29 is 4.79 Å². The highest BCUT2D eigenvalue weighted by atomic mass is 32.1. The SMILES string of the molecule is CC(C)c1nnc(CNC(=O)C2(N)CCCCC2)s1. The molecule has 19 heavy (non-hydrogen) atoms. The summed E-state index contributed by atoms with van der Waals surface area (Å²) in [7, 11) is 0. The molecule has 0 bridgehead atoms. The summed E-state index contributed by atoms with van der Waals surface area (Å²) in [4.78, 5) is 12.2. The Bertz CT molecular complexity index is 438. The minimum atomic E-state index is -0.677. The van der Waals surface area contributed by atoms with Gasteiger partial charge in [-0.05, 0) is 12.8 Å². The zero-order valence-electron chi connectivity index (χ0n) is 11.6. The number of aromatic nitrogens is 2. The highest BCUT2D eigenvalue weighted by molar-refractivity contribution is 7.11. The number of amides is 1. The van der Waals surface area contributed by atoms with Crippen LogP contribution in [0.25, 0.3) is 0 Å². The van der Waals surface area contributed by atoms with Crippen LogP contribution in [0.1, 0.15) is 61.9 Å². The first-order valence-electron chi connectivity index (χ1n) is 6.91. The lowest BCUT2D eigenvalue weighted by atomic mass is 9.82. The summed E-state index contributed by atoms with van der Waals surface area (Å²) in [5.74, 6) is 0.328. The molecule has 6 heteroatoms. The number of hydrogen-bond donors (Lipinski definition) is 2. The summed E-state index contributed by atoms with van der Waals surface area (Å²) in [6.45, 7) is 4.60. The van der Waals surface area contributed by atoms with Crippen LogP contribution in [0.3, 0.4) is 0 Å². The van der Waals surface area contributed by atoms with Crippen LogP contribution < -0.4 is 11.1 Å². The zero-order valence-corrected chi connectivity index (χ0v) is 12.4. The van der Waals surface area contributed by atoms with Gasteiger partial charge in [0.05, 0.1) is 12.1 Å². The number of rotatable bonds is 4. The van der Waals surface area contributed by atoms with Crippen LogP contribution in [0.2, 0.25) is 0 Å². The van der Waals surface area contributed by atoms with Crippen molar-refractivity contribution in [1.82, 2.24) is 15.5 Å². The largest absolute Gasteiger partial charge is 0.348 e. The van der Waals surface area contributed by atoms with Gasteiger partial charge in [0, 0.05) is 5.92 Å². The summed E-state index contributed by atoms with van der Waals surface area (Å²) in [5, 5.41) is 13.0. The highest BCUT2D eigenvalue weighted by Gasteiger charge is 2.35. The molecule has 5 nitrogen and oxygen atoms in total. The first kappa shape index (κ1) is 14.4. The van der Waals surface area contributed by atoms with Crippen LogP contribution >= 0.6 is 11.3 Å². The van der Waals surface area contributed by atoms with E-state index in [1.165, 1.54) is 6.42 Å². The maximum absolute atomic E-state index is 12.2. The predicted molar refractivity (Wildman–Crippen MR) is 75.8 cm³/mol. The van der Waals surface area contributed by atoms with Gasteiger partial charge in [0.15, 0.2) is 0 Å². The van der Waals surface area contributed by atoms with Gasteiger partial charge in [-0.3, -0.25) is 4.79 Å². The van der Waals surface area contributed by atoms with E-state index in [-0.39, 0.29) is 5.91 Å². The van der Waals surface area contributed by atoms with Gasteiger partial charge in [0.25, 0.3) is 0 Å². The predicted octanol–water partition coefficient (Wildman–Crippen LogP) is 1.94. The Hall–Kier alpha value is -1.01. The highest BCUT2D eigenvalue weighted by Crippen LogP contribution is 2.26. The Morgan fingerprint density at radius 2 is 2.05 bits per heavy atom. The van der Waals surface area contributed by atoms with Crippen molar-refractivity contribution in [3.8, 4) is 0 Å². The van der Waals surface area contributed by atoms with E-state index in [2.05, 4.69) is 29.4 Å². The van der Waals surface area contributed by atoms with Gasteiger partial charge in [0.1, 0.15) is 10.0 Å². The Balaban J connectivity index is 1.88. The van der Waals surface area contributed by atoms with E-state index >= 15 is 0 Å². The second-order valence-corrected chi connectivity index (χ2v) is 6.68. The van der Waals surface area contributed by atoms with E-state index < -0.39 is 5.54 Å². The van der Waals surface area contributed by atoms with Gasteiger partial charge in [0.2, 0.25) is 5.91 Å². The molecule has 0 radical (unpaired) electrons. The fraction of sp³-hybridized carbons (Fsp3) is 0.769. The number of carbonyl (C=O) groups excluding carboxylic acids is 1. The van der Waals surface area contributed by atoms with Gasteiger partial charge in [-0.2, -0.15) is 0 Å². The number of carbonyl (C=O) groups is 1. The van der Waals surface area contributed by atoms with E-state index in [0.29, 0.717) is 12.5 Å². The fourth-order valence-electron chi connectivity index (χ4n) is 2.31. The van der Waals surface area contributed by atoms with Crippen LogP contribution in [0.5, 0.6) is 0 Å². The molecule has 1 heterocycles. The van der Waals surface area contributed by atoms with Gasteiger partial charge in [-0.15, -0.1) is 10.2 Å². The Morgan fingerprint density at radius 3 is 2.63 bits per heavy atom. The monoisotopic (exact) mass is 282 g/mol. The normalized spacial score (nSPS) is 18.5. The van der Waals surface area contributed by atoms with Gasteiger partial charge < -0.3 is 11.1 Å². The van der Waals surface area contributed by atoms with Crippen molar-refractivity contribution in [2.75, 3.05) is 0 Å². The first-order chi connectivity index (χ1) is 9.01. The molecule has 0 unspecified atom stereocenters. The molecule has 0 atom stereocenters. The second-order valence-electron chi connectivity index (χ2n) is 5.59. The lowest BCUT2D eigenvalue weighted by molar-refractivity contribution is -0.127. The molecular formula is C13H22N4OS. The van der Waals surface area contributed by atoms with E-state index in [1.54, 1.807) is 11.3 Å². The molecule has 0 spiro atoms. The maximum Gasteiger partial charge on any atom is 0.240 e. The minimum Gasteiger partial charge on any atom is -0.348 e. The van der Waals surface area contributed by atoms with Crippen LogP contribution in [-0.4, -0.2) is 21.6 Å². The average molecular weight is 282 g/mol. The van der Waals surface area contributed by atoms with Crippen LogP contribution in [-0.2, 0) is 11.3 Å². The fourth-order valence-corrected chi connectivity index (χ4v) is 3.10. The summed E-state index contributed by atoms with van der Waals surface area (Å²) in [5.41, 5.74) is 5.50. The summed E-state index contributed by atoms with van der Waals surface area (Å²) in [6, 6.07) is 0. The average Bonchev–Trinajstić information content (AvgIpc) is 2.85. The minimum absolute atomic E-state index is 0.0477. The topological polar surface area (TPSA) is 80.9 Å². The van der Waals surface area contributed by atoms with Crippen LogP contribution in [0, 0.1) is 0 Å². The number of hydrogen-bond acceptors (Lipinski definition) is 5. The number of nitrogens with two attached hydrogens (primary N) is 1. The molecule has 1 aliphatic rings. The maximum atomic E-state index is 12.2. The van der Waals surface area contributed by atoms with Gasteiger partial charge in [-0.1, -0.05) is 44.4 Å². The molecule has 0 saturated heterocycles. The quantitative estimate of drug-likeness (QED) is 0.884. The number of nitrogens with zero attached hydrogens (tertiary/aromatic N) is 2. The third-order valence-corrected chi connectivity index (χ3v) is 4.80. The lowest BCUT2D eigenvalue weighted by Crippen LogP contribution is -2.54. The summed E-state index contributed by atoms with van der Waals surface area (Å²) < 4.78 is 0. The van der Waals surface area contributed by atoms with Gasteiger partial charge in [-0.25, -0.2) is 0 Å². The zero-order chi connectivity index (χ0) is 13.9. The smallest absolute Gasteiger partial charge is 0.240 e. The molecular weight excluding hydrogens is 260 g/mol. The van der Waals surface area contributed by atoms with Crippen molar-refractivity contribution in [2.24, 2.45) is 5.73 Å². The molecule has 1 aromatic heterocycles. The Morgan fingerprint density at radius 1 is 1.37 bits per heavy atom. The number of nitrogens with one attached hydrogen (secondary N) is 1.